The van der Waals surface area contributed by atoms with Crippen molar-refractivity contribution in [3.8, 4) is 11.3 Å². The lowest BCUT2D eigenvalue weighted by Crippen LogP contribution is -2.38. The van der Waals surface area contributed by atoms with E-state index in [9.17, 15) is 4.79 Å². The summed E-state index contributed by atoms with van der Waals surface area (Å²) in [6, 6.07) is 9.79. The van der Waals surface area contributed by atoms with Crippen molar-refractivity contribution in [1.29, 1.82) is 0 Å². The first-order chi connectivity index (χ1) is 11.8. The van der Waals surface area contributed by atoms with Crippen LogP contribution < -0.4 is 0 Å². The fourth-order valence-corrected chi connectivity index (χ4v) is 5.36. The molecule has 2 aromatic rings. The monoisotopic (exact) mass is 322 g/mol. The molecule has 2 heterocycles. The van der Waals surface area contributed by atoms with Crippen LogP contribution in [0, 0.1) is 23.7 Å². The van der Waals surface area contributed by atoms with Gasteiger partial charge in [-0.15, -0.1) is 0 Å². The van der Waals surface area contributed by atoms with E-state index in [1.54, 1.807) is 0 Å². The van der Waals surface area contributed by atoms with Crippen molar-refractivity contribution in [3.05, 3.63) is 42.4 Å². The number of oxazole rings is 1. The Morgan fingerprint density at radius 2 is 1.62 bits per heavy atom. The third kappa shape index (κ3) is 2.12. The van der Waals surface area contributed by atoms with Crippen LogP contribution in [-0.2, 0) is 0 Å². The van der Waals surface area contributed by atoms with Gasteiger partial charge in [0.1, 0.15) is 0 Å². The maximum atomic E-state index is 13.1. The normalized spacial score (nSPS) is 31.2. The Bertz CT molecular complexity index is 726. The minimum Gasteiger partial charge on any atom is -0.443 e. The van der Waals surface area contributed by atoms with E-state index in [0.29, 0.717) is 23.3 Å². The van der Waals surface area contributed by atoms with E-state index < -0.39 is 0 Å². The van der Waals surface area contributed by atoms with Gasteiger partial charge in [-0.3, -0.25) is 4.79 Å². The molecule has 0 spiro atoms. The topological polar surface area (TPSA) is 46.3 Å². The van der Waals surface area contributed by atoms with Crippen LogP contribution in [0.1, 0.15) is 36.2 Å². The van der Waals surface area contributed by atoms with Crippen molar-refractivity contribution >= 4 is 5.91 Å². The van der Waals surface area contributed by atoms with E-state index in [1.807, 2.05) is 35.2 Å². The van der Waals surface area contributed by atoms with Gasteiger partial charge in [-0.2, -0.15) is 0 Å². The number of aromatic nitrogens is 1. The highest BCUT2D eigenvalue weighted by molar-refractivity contribution is 5.97. The zero-order chi connectivity index (χ0) is 16.1. The number of likely N-dealkylation sites (tertiary alicyclic amines) is 1. The molecule has 3 saturated carbocycles. The van der Waals surface area contributed by atoms with Crippen LogP contribution in [0.25, 0.3) is 11.3 Å². The highest BCUT2D eigenvalue weighted by atomic mass is 16.3. The molecule has 4 aliphatic rings. The molecule has 124 valence electrons. The predicted molar refractivity (Wildman–Crippen MR) is 90.3 cm³/mol. The number of nitrogens with zero attached hydrogens (tertiary/aromatic N) is 2. The first-order valence-electron chi connectivity index (χ1n) is 9.09. The van der Waals surface area contributed by atoms with Gasteiger partial charge < -0.3 is 9.32 Å². The summed E-state index contributed by atoms with van der Waals surface area (Å²) in [5, 5.41) is 0. The molecule has 2 bridgehead atoms. The van der Waals surface area contributed by atoms with Gasteiger partial charge in [0.2, 0.25) is 0 Å². The third-order valence-electron chi connectivity index (χ3n) is 6.53. The van der Waals surface area contributed by atoms with Crippen molar-refractivity contribution in [2.45, 2.75) is 25.7 Å². The largest absolute Gasteiger partial charge is 0.443 e. The van der Waals surface area contributed by atoms with Crippen molar-refractivity contribution in [3.63, 3.8) is 0 Å². The van der Waals surface area contributed by atoms with E-state index in [4.69, 9.17) is 4.42 Å². The summed E-state index contributed by atoms with van der Waals surface area (Å²) in [5.41, 5.74) is 1.38. The van der Waals surface area contributed by atoms with E-state index in [0.717, 1.165) is 30.5 Å². The maximum absolute atomic E-state index is 13.1. The highest BCUT2D eigenvalue weighted by Gasteiger charge is 2.49. The lowest BCUT2D eigenvalue weighted by molar-refractivity contribution is 0.0577. The van der Waals surface area contributed by atoms with Gasteiger partial charge in [-0.1, -0.05) is 30.3 Å². The van der Waals surface area contributed by atoms with Gasteiger partial charge in [0, 0.05) is 18.7 Å². The molecule has 6 rings (SSSR count). The number of rotatable bonds is 2. The number of benzene rings is 1. The number of amides is 1. The Kier molecular flexibility index (Phi) is 3.25. The summed E-state index contributed by atoms with van der Waals surface area (Å²) in [7, 11) is 0. The molecule has 3 aliphatic carbocycles. The van der Waals surface area contributed by atoms with Gasteiger partial charge in [0.05, 0.1) is 0 Å². The molecule has 1 saturated heterocycles. The van der Waals surface area contributed by atoms with Gasteiger partial charge >= 0.3 is 0 Å². The van der Waals surface area contributed by atoms with E-state index >= 15 is 0 Å². The molecule has 1 aliphatic heterocycles. The minimum atomic E-state index is 0.0383. The molecular formula is C20H22N2O2. The van der Waals surface area contributed by atoms with Gasteiger partial charge in [-0.25, -0.2) is 4.98 Å². The van der Waals surface area contributed by atoms with Crippen molar-refractivity contribution in [1.82, 2.24) is 9.88 Å². The Hall–Kier alpha value is -2.10. The van der Waals surface area contributed by atoms with Crippen LogP contribution in [0.3, 0.4) is 0 Å². The molecule has 24 heavy (non-hydrogen) atoms. The summed E-state index contributed by atoms with van der Waals surface area (Å²) in [6.45, 7) is 1.82. The van der Waals surface area contributed by atoms with Gasteiger partial charge in [0.25, 0.3) is 5.91 Å². The second kappa shape index (κ2) is 5.47. The fourth-order valence-electron chi connectivity index (χ4n) is 5.36. The predicted octanol–water partition coefficient (Wildman–Crippen LogP) is 3.85. The number of hydrogen-bond donors (Lipinski definition) is 0. The SMILES string of the molecule is O=C(c1ncoc1-c1ccccc1)N1C[C@@H]2C3CCC(CC3)[C@@H]2C1. The standard InChI is InChI=1S/C20H22N2O2/c23-20(18-19(24-12-21-18)15-4-2-1-3-5-15)22-10-16-13-6-7-14(9-8-13)17(16)11-22/h1-5,12-14,16-17H,6-11H2/t13?,14?,16-,17+. The summed E-state index contributed by atoms with van der Waals surface area (Å²) in [4.78, 5) is 19.4. The van der Waals surface area contributed by atoms with Crippen LogP contribution in [-0.4, -0.2) is 28.9 Å². The molecule has 4 heteroatoms. The van der Waals surface area contributed by atoms with Crippen LogP contribution in [0.5, 0.6) is 0 Å². The Morgan fingerprint density at radius 3 is 2.25 bits per heavy atom. The van der Waals surface area contributed by atoms with Gasteiger partial charge in [0.15, 0.2) is 17.8 Å². The Labute approximate surface area is 141 Å². The van der Waals surface area contributed by atoms with E-state index in [-0.39, 0.29) is 5.91 Å². The minimum absolute atomic E-state index is 0.0383. The quantitative estimate of drug-likeness (QED) is 0.843. The number of carbonyl (C=O) groups is 1. The van der Waals surface area contributed by atoms with Crippen LogP contribution in [0.15, 0.2) is 41.1 Å². The summed E-state index contributed by atoms with van der Waals surface area (Å²) < 4.78 is 5.55. The van der Waals surface area contributed by atoms with E-state index in [2.05, 4.69) is 4.98 Å². The highest BCUT2D eigenvalue weighted by Crippen LogP contribution is 2.52. The second-order valence-electron chi connectivity index (χ2n) is 7.61. The zero-order valence-electron chi connectivity index (χ0n) is 13.7. The molecule has 4 nitrogen and oxygen atoms in total. The first-order valence-corrected chi connectivity index (χ1v) is 9.09. The Balaban J connectivity index is 1.41. The molecule has 4 fully saturated rings. The van der Waals surface area contributed by atoms with Crippen LogP contribution >= 0.6 is 0 Å². The average Bonchev–Trinajstić information content (AvgIpc) is 3.31. The molecule has 1 amide bonds. The van der Waals surface area contributed by atoms with Crippen LogP contribution in [0.4, 0.5) is 0 Å². The number of hydrogen-bond acceptors (Lipinski definition) is 3. The van der Waals surface area contributed by atoms with E-state index in [1.165, 1.54) is 32.1 Å². The fraction of sp³-hybridized carbons (Fsp3) is 0.500. The molecule has 1 aromatic carbocycles. The summed E-state index contributed by atoms with van der Waals surface area (Å²) in [6.07, 6.45) is 6.86. The van der Waals surface area contributed by atoms with Gasteiger partial charge in [-0.05, 0) is 49.4 Å². The lowest BCUT2D eigenvalue weighted by Gasteiger charge is -2.44. The van der Waals surface area contributed by atoms with Crippen molar-refractivity contribution in [2.75, 3.05) is 13.1 Å². The molecule has 2 atom stereocenters. The molecule has 0 radical (unpaired) electrons. The van der Waals surface area contributed by atoms with Crippen molar-refractivity contribution < 1.29 is 9.21 Å². The van der Waals surface area contributed by atoms with Crippen LogP contribution in [0.2, 0.25) is 0 Å². The smallest absolute Gasteiger partial charge is 0.276 e. The molecule has 0 unspecified atom stereocenters. The number of fused-ring (bicyclic) bond motifs is 2. The molecule has 1 aromatic heterocycles. The number of carbonyl (C=O) groups excluding carboxylic acids is 1. The zero-order valence-corrected chi connectivity index (χ0v) is 13.7. The molecule has 0 N–H and O–H groups in total. The molecular weight excluding hydrogens is 300 g/mol. The maximum Gasteiger partial charge on any atom is 0.276 e. The first kappa shape index (κ1) is 14.3. The summed E-state index contributed by atoms with van der Waals surface area (Å²) in [5.74, 6) is 3.74. The second-order valence-corrected chi connectivity index (χ2v) is 7.61. The Morgan fingerprint density at radius 1 is 1.00 bits per heavy atom. The lowest BCUT2D eigenvalue weighted by atomic mass is 9.60. The average molecular weight is 322 g/mol. The third-order valence-corrected chi connectivity index (χ3v) is 6.53. The summed E-state index contributed by atoms with van der Waals surface area (Å²) >= 11 is 0. The van der Waals surface area contributed by atoms with Crippen molar-refractivity contribution in [2.24, 2.45) is 23.7 Å².